The smallest absolute Gasteiger partial charge is 0.101 e. The Balaban J connectivity index is 2.19. The number of nitrogens with zero attached hydrogens (tertiary/aromatic N) is 2. The highest BCUT2D eigenvalue weighted by molar-refractivity contribution is 8.87. The van der Waals surface area contributed by atoms with Crippen LogP contribution in [0.2, 0.25) is 0 Å². The van der Waals surface area contributed by atoms with Gasteiger partial charge in [-0.2, -0.15) is 14.3 Å². The first-order valence-corrected chi connectivity index (χ1v) is 8.82. The zero-order valence-corrected chi connectivity index (χ0v) is 11.3. The maximum Gasteiger partial charge on any atom is 0.101 e. The zero-order chi connectivity index (χ0) is 11.8. The van der Waals surface area contributed by atoms with Crippen LogP contribution in [0.5, 0.6) is 0 Å². The molecular formula is C12H16N2S2. The minimum atomic E-state index is -0.840. The van der Waals surface area contributed by atoms with Gasteiger partial charge in [0.2, 0.25) is 0 Å². The summed E-state index contributed by atoms with van der Waals surface area (Å²) in [6.45, 7) is 0. The Hall–Kier alpha value is -0.660. The van der Waals surface area contributed by atoms with Gasteiger partial charge >= 0.3 is 0 Å². The van der Waals surface area contributed by atoms with Crippen LogP contribution in [0.4, 0.5) is 0 Å². The van der Waals surface area contributed by atoms with E-state index in [1.54, 1.807) is 6.20 Å². The summed E-state index contributed by atoms with van der Waals surface area (Å²) in [6, 6.07) is 8.25. The van der Waals surface area contributed by atoms with Crippen molar-refractivity contribution in [3.63, 3.8) is 0 Å². The summed E-state index contributed by atoms with van der Waals surface area (Å²) < 4.78 is 0. The second-order valence-corrected chi connectivity index (χ2v) is 11.0. The highest BCUT2D eigenvalue weighted by Gasteiger charge is 2.50. The minimum absolute atomic E-state index is 0.348. The number of pyridine rings is 1. The molecule has 1 saturated carbocycles. The molecule has 1 aromatic heterocycles. The predicted molar refractivity (Wildman–Crippen MR) is 73.0 cm³/mol. The van der Waals surface area contributed by atoms with Gasteiger partial charge in [-0.1, -0.05) is 6.07 Å². The average molecular weight is 252 g/mol. The fraction of sp³-hybridized carbons (Fsp3) is 0.500. The quantitative estimate of drug-likeness (QED) is 0.649. The SMILES string of the molecule is CS(C)(S)C1CC(C#N)(c2ccccn2)C1. The van der Waals surface area contributed by atoms with E-state index in [9.17, 15) is 5.26 Å². The van der Waals surface area contributed by atoms with Crippen LogP contribution >= 0.6 is 20.7 Å². The van der Waals surface area contributed by atoms with Gasteiger partial charge in [0, 0.05) is 11.4 Å². The standard InChI is InChI=1S/C12H16N2S2/c1-16(2,15)10-7-12(8-10,9-13)11-5-3-4-6-14-11/h3-6,10,15H,7-8H2,1-2H3. The first-order valence-electron chi connectivity index (χ1n) is 5.25. The average Bonchev–Trinajstić information content (AvgIpc) is 2.16. The van der Waals surface area contributed by atoms with Crippen LogP contribution in [-0.4, -0.2) is 22.7 Å². The molecule has 86 valence electrons. The van der Waals surface area contributed by atoms with Crippen molar-refractivity contribution in [1.82, 2.24) is 4.98 Å². The van der Waals surface area contributed by atoms with E-state index in [1.165, 1.54) is 0 Å². The normalized spacial score (nSPS) is 30.2. The number of thiol groups is 1. The lowest BCUT2D eigenvalue weighted by atomic mass is 9.67. The molecule has 0 bridgehead atoms. The minimum Gasteiger partial charge on any atom is -0.260 e. The summed E-state index contributed by atoms with van der Waals surface area (Å²) >= 11 is 4.66. The molecule has 2 nitrogen and oxygen atoms in total. The van der Waals surface area contributed by atoms with Crippen molar-refractivity contribution >= 4 is 20.7 Å². The van der Waals surface area contributed by atoms with Gasteiger partial charge in [0.05, 0.1) is 11.8 Å². The maximum absolute atomic E-state index is 9.37. The third kappa shape index (κ3) is 1.94. The Morgan fingerprint density at radius 2 is 2.19 bits per heavy atom. The van der Waals surface area contributed by atoms with Crippen molar-refractivity contribution in [2.75, 3.05) is 12.5 Å². The summed E-state index contributed by atoms with van der Waals surface area (Å²) in [5.41, 5.74) is 0.574. The van der Waals surface area contributed by atoms with Crippen molar-refractivity contribution in [2.45, 2.75) is 23.5 Å². The molecule has 0 amide bonds. The topological polar surface area (TPSA) is 36.7 Å². The molecule has 0 saturated heterocycles. The number of hydrogen-bond donors (Lipinski definition) is 1. The molecule has 1 fully saturated rings. The fourth-order valence-electron chi connectivity index (χ4n) is 2.13. The van der Waals surface area contributed by atoms with Crippen LogP contribution in [0.3, 0.4) is 0 Å². The first-order chi connectivity index (χ1) is 7.48. The Bertz CT molecular complexity index is 411. The summed E-state index contributed by atoms with van der Waals surface area (Å²) in [5.74, 6) is 0. The highest BCUT2D eigenvalue weighted by Crippen LogP contribution is 2.62. The van der Waals surface area contributed by atoms with Crippen molar-refractivity contribution in [2.24, 2.45) is 0 Å². The van der Waals surface area contributed by atoms with E-state index >= 15 is 0 Å². The Labute approximate surface area is 103 Å². The van der Waals surface area contributed by atoms with E-state index in [-0.39, 0.29) is 5.41 Å². The molecule has 1 heterocycles. The van der Waals surface area contributed by atoms with Crippen LogP contribution in [0.25, 0.3) is 0 Å². The molecule has 2 rings (SSSR count). The number of nitriles is 1. The molecule has 1 aliphatic carbocycles. The first kappa shape index (κ1) is 11.8. The molecule has 0 unspecified atom stereocenters. The van der Waals surface area contributed by atoms with Gasteiger partial charge in [0.15, 0.2) is 0 Å². The monoisotopic (exact) mass is 252 g/mol. The molecule has 0 atom stereocenters. The van der Waals surface area contributed by atoms with E-state index < -0.39 is 9.06 Å². The Morgan fingerprint density at radius 3 is 2.62 bits per heavy atom. The van der Waals surface area contributed by atoms with Crippen molar-refractivity contribution in [1.29, 1.82) is 5.26 Å². The third-order valence-electron chi connectivity index (χ3n) is 3.34. The van der Waals surface area contributed by atoms with E-state index in [4.69, 9.17) is 0 Å². The number of rotatable bonds is 2. The van der Waals surface area contributed by atoms with Crippen LogP contribution < -0.4 is 0 Å². The second-order valence-electron chi connectivity index (χ2n) is 4.79. The van der Waals surface area contributed by atoms with Crippen molar-refractivity contribution < 1.29 is 0 Å². The Morgan fingerprint density at radius 1 is 1.50 bits per heavy atom. The number of hydrogen-bond acceptors (Lipinski definition) is 3. The summed E-state index contributed by atoms with van der Waals surface area (Å²) in [4.78, 5) is 4.32. The fourth-order valence-corrected chi connectivity index (χ4v) is 3.96. The van der Waals surface area contributed by atoms with Gasteiger partial charge in [-0.25, -0.2) is 0 Å². The summed E-state index contributed by atoms with van der Waals surface area (Å²) in [7, 11) is -0.840. The Kier molecular flexibility index (Phi) is 2.93. The van der Waals surface area contributed by atoms with E-state index in [0.29, 0.717) is 5.25 Å². The molecule has 16 heavy (non-hydrogen) atoms. The van der Waals surface area contributed by atoms with Crippen LogP contribution in [-0.2, 0) is 5.41 Å². The summed E-state index contributed by atoms with van der Waals surface area (Å²) in [6.07, 6.45) is 7.97. The maximum atomic E-state index is 9.37. The van der Waals surface area contributed by atoms with Gasteiger partial charge in [-0.05, 0) is 37.5 Å². The van der Waals surface area contributed by atoms with Gasteiger partial charge in [0.25, 0.3) is 0 Å². The highest BCUT2D eigenvalue weighted by atomic mass is 33.1. The van der Waals surface area contributed by atoms with Crippen molar-refractivity contribution in [3.05, 3.63) is 30.1 Å². The van der Waals surface area contributed by atoms with Crippen LogP contribution in [0.15, 0.2) is 24.4 Å². The van der Waals surface area contributed by atoms with Crippen molar-refractivity contribution in [3.8, 4) is 6.07 Å². The van der Waals surface area contributed by atoms with E-state index in [1.807, 2.05) is 18.2 Å². The molecular weight excluding hydrogens is 236 g/mol. The molecule has 1 aromatic rings. The molecule has 0 radical (unpaired) electrons. The van der Waals surface area contributed by atoms with E-state index in [2.05, 4.69) is 35.2 Å². The molecule has 0 spiro atoms. The van der Waals surface area contributed by atoms with Crippen LogP contribution in [0.1, 0.15) is 18.5 Å². The zero-order valence-electron chi connectivity index (χ0n) is 9.55. The molecule has 4 heteroatoms. The van der Waals surface area contributed by atoms with E-state index in [0.717, 1.165) is 18.5 Å². The third-order valence-corrected chi connectivity index (χ3v) is 6.20. The molecule has 0 N–H and O–H groups in total. The predicted octanol–water partition coefficient (Wildman–Crippen LogP) is 2.91. The molecule has 1 aliphatic rings. The second kappa shape index (κ2) is 3.97. The van der Waals surface area contributed by atoms with Gasteiger partial charge in [-0.15, -0.1) is 11.7 Å². The number of aromatic nitrogens is 1. The lowest BCUT2D eigenvalue weighted by Crippen LogP contribution is -2.45. The summed E-state index contributed by atoms with van der Waals surface area (Å²) in [5, 5.41) is 9.95. The lowest BCUT2D eigenvalue weighted by molar-refractivity contribution is 0.327. The largest absolute Gasteiger partial charge is 0.260 e. The molecule has 0 aliphatic heterocycles. The van der Waals surface area contributed by atoms with Gasteiger partial charge < -0.3 is 0 Å². The van der Waals surface area contributed by atoms with Gasteiger partial charge in [-0.3, -0.25) is 4.98 Å². The lowest BCUT2D eigenvalue weighted by Gasteiger charge is -2.50. The molecule has 0 aromatic carbocycles. The van der Waals surface area contributed by atoms with Gasteiger partial charge in [0.1, 0.15) is 5.41 Å². The van der Waals surface area contributed by atoms with Crippen LogP contribution in [0, 0.1) is 11.3 Å².